The SMILES string of the molecule is CCCCCC(C)C(=O)N[C@@H](CCC(=O)O)C(=O)O. The van der Waals surface area contributed by atoms with Crippen molar-refractivity contribution in [3.8, 4) is 0 Å². The molecule has 0 heterocycles. The van der Waals surface area contributed by atoms with Crippen molar-refractivity contribution in [3.63, 3.8) is 0 Å². The summed E-state index contributed by atoms with van der Waals surface area (Å²) in [7, 11) is 0. The lowest BCUT2D eigenvalue weighted by molar-refractivity contribution is -0.143. The Bertz CT molecular complexity index is 316. The van der Waals surface area contributed by atoms with Gasteiger partial charge in [-0.15, -0.1) is 0 Å². The van der Waals surface area contributed by atoms with E-state index in [4.69, 9.17) is 10.2 Å². The molecule has 0 saturated heterocycles. The summed E-state index contributed by atoms with van der Waals surface area (Å²) in [4.78, 5) is 33.1. The fourth-order valence-corrected chi connectivity index (χ4v) is 1.67. The molecule has 0 fully saturated rings. The maximum Gasteiger partial charge on any atom is 0.326 e. The van der Waals surface area contributed by atoms with Crippen LogP contribution in [0, 0.1) is 5.92 Å². The van der Waals surface area contributed by atoms with Crippen molar-refractivity contribution in [2.45, 2.75) is 58.4 Å². The summed E-state index contributed by atoms with van der Waals surface area (Å²) in [6, 6.07) is -1.13. The number of unbranched alkanes of at least 4 members (excludes halogenated alkanes) is 2. The first-order valence-electron chi connectivity index (χ1n) is 6.63. The van der Waals surface area contributed by atoms with Gasteiger partial charge in [0.25, 0.3) is 0 Å². The monoisotopic (exact) mass is 273 g/mol. The standard InChI is InChI=1S/C13H23NO5/c1-3-4-5-6-9(2)12(17)14-10(13(18)19)7-8-11(15)16/h9-10H,3-8H2,1-2H3,(H,14,17)(H,15,16)(H,18,19)/t9?,10-/m0/s1. The zero-order chi connectivity index (χ0) is 14.8. The third-order valence-electron chi connectivity index (χ3n) is 2.95. The molecule has 3 N–H and O–H groups in total. The highest BCUT2D eigenvalue weighted by atomic mass is 16.4. The molecule has 0 bridgehead atoms. The summed E-state index contributed by atoms with van der Waals surface area (Å²) in [5.74, 6) is -2.85. The van der Waals surface area contributed by atoms with Crippen LogP contribution in [0.4, 0.5) is 0 Å². The van der Waals surface area contributed by atoms with Gasteiger partial charge in [0.05, 0.1) is 0 Å². The van der Waals surface area contributed by atoms with E-state index < -0.39 is 18.0 Å². The largest absolute Gasteiger partial charge is 0.481 e. The second kappa shape index (κ2) is 9.35. The van der Waals surface area contributed by atoms with Gasteiger partial charge >= 0.3 is 11.9 Å². The third kappa shape index (κ3) is 8.18. The molecule has 1 amide bonds. The molecule has 0 aromatic carbocycles. The number of carboxylic acids is 2. The summed E-state index contributed by atoms with van der Waals surface area (Å²) < 4.78 is 0. The van der Waals surface area contributed by atoms with Crippen molar-refractivity contribution in [2.75, 3.05) is 0 Å². The molecule has 0 aromatic rings. The van der Waals surface area contributed by atoms with E-state index in [9.17, 15) is 14.4 Å². The van der Waals surface area contributed by atoms with Crippen molar-refractivity contribution in [1.82, 2.24) is 5.32 Å². The minimum atomic E-state index is -1.20. The fraction of sp³-hybridized carbons (Fsp3) is 0.769. The van der Waals surface area contributed by atoms with Crippen molar-refractivity contribution in [2.24, 2.45) is 5.92 Å². The Hall–Kier alpha value is -1.59. The molecule has 6 heteroatoms. The molecule has 0 aliphatic heterocycles. The quantitative estimate of drug-likeness (QED) is 0.525. The van der Waals surface area contributed by atoms with E-state index in [2.05, 4.69) is 12.2 Å². The Labute approximate surface area is 113 Å². The van der Waals surface area contributed by atoms with E-state index in [1.54, 1.807) is 6.92 Å². The molecular weight excluding hydrogens is 250 g/mol. The summed E-state index contributed by atoms with van der Waals surface area (Å²) in [6.45, 7) is 3.82. The first kappa shape index (κ1) is 17.4. The minimum Gasteiger partial charge on any atom is -0.481 e. The fourth-order valence-electron chi connectivity index (χ4n) is 1.67. The number of hydrogen-bond acceptors (Lipinski definition) is 3. The summed E-state index contributed by atoms with van der Waals surface area (Å²) in [5, 5.41) is 19.8. The molecule has 0 aromatic heterocycles. The summed E-state index contributed by atoms with van der Waals surface area (Å²) in [5.41, 5.74) is 0. The van der Waals surface area contributed by atoms with Gasteiger partial charge in [-0.05, 0) is 12.8 Å². The lowest BCUT2D eigenvalue weighted by Crippen LogP contribution is -2.43. The minimum absolute atomic E-state index is 0.0991. The number of amides is 1. The van der Waals surface area contributed by atoms with Crippen LogP contribution in [0.2, 0.25) is 0 Å². The normalized spacial score (nSPS) is 13.6. The van der Waals surface area contributed by atoms with Crippen LogP contribution in [0.15, 0.2) is 0 Å². The zero-order valence-corrected chi connectivity index (χ0v) is 11.5. The van der Waals surface area contributed by atoms with Crippen LogP contribution in [0.5, 0.6) is 0 Å². The molecule has 0 radical (unpaired) electrons. The Morgan fingerprint density at radius 3 is 2.21 bits per heavy atom. The topological polar surface area (TPSA) is 104 Å². The second-order valence-electron chi connectivity index (χ2n) is 4.73. The molecule has 0 saturated carbocycles. The molecule has 19 heavy (non-hydrogen) atoms. The lowest BCUT2D eigenvalue weighted by atomic mass is 10.0. The number of carboxylic acid groups (broad SMARTS) is 2. The number of aliphatic carboxylic acids is 2. The highest BCUT2D eigenvalue weighted by Gasteiger charge is 2.23. The van der Waals surface area contributed by atoms with Gasteiger partial charge in [0.15, 0.2) is 0 Å². The van der Waals surface area contributed by atoms with Crippen LogP contribution < -0.4 is 5.32 Å². The van der Waals surface area contributed by atoms with Crippen molar-refractivity contribution in [1.29, 1.82) is 0 Å². The van der Waals surface area contributed by atoms with Crippen LogP contribution in [0.25, 0.3) is 0 Å². The van der Waals surface area contributed by atoms with Gasteiger partial charge in [-0.25, -0.2) is 4.79 Å². The van der Waals surface area contributed by atoms with E-state index in [-0.39, 0.29) is 24.7 Å². The first-order valence-corrected chi connectivity index (χ1v) is 6.63. The van der Waals surface area contributed by atoms with Crippen molar-refractivity contribution in [3.05, 3.63) is 0 Å². The molecule has 110 valence electrons. The van der Waals surface area contributed by atoms with E-state index in [1.807, 2.05) is 0 Å². The molecule has 0 spiro atoms. The second-order valence-corrected chi connectivity index (χ2v) is 4.73. The van der Waals surface area contributed by atoms with Crippen LogP contribution >= 0.6 is 0 Å². The first-order chi connectivity index (χ1) is 8.88. The predicted molar refractivity (Wildman–Crippen MR) is 69.7 cm³/mol. The summed E-state index contributed by atoms with van der Waals surface area (Å²) in [6.07, 6.45) is 3.37. The predicted octanol–water partition coefficient (Wildman–Crippen LogP) is 1.64. The number of carbonyl (C=O) groups excluding carboxylic acids is 1. The third-order valence-corrected chi connectivity index (χ3v) is 2.95. The van der Waals surface area contributed by atoms with Crippen LogP contribution in [0.3, 0.4) is 0 Å². The van der Waals surface area contributed by atoms with E-state index >= 15 is 0 Å². The Balaban J connectivity index is 4.22. The average molecular weight is 273 g/mol. The van der Waals surface area contributed by atoms with Crippen LogP contribution in [0.1, 0.15) is 52.4 Å². The number of rotatable bonds is 10. The molecule has 0 rings (SSSR count). The van der Waals surface area contributed by atoms with Gasteiger partial charge in [-0.2, -0.15) is 0 Å². The van der Waals surface area contributed by atoms with E-state index in [1.165, 1.54) is 0 Å². The van der Waals surface area contributed by atoms with Crippen LogP contribution in [-0.2, 0) is 14.4 Å². The highest BCUT2D eigenvalue weighted by Crippen LogP contribution is 2.10. The smallest absolute Gasteiger partial charge is 0.326 e. The maximum absolute atomic E-state index is 11.8. The Kier molecular flexibility index (Phi) is 8.57. The van der Waals surface area contributed by atoms with Gasteiger partial charge in [-0.3, -0.25) is 9.59 Å². The van der Waals surface area contributed by atoms with Gasteiger partial charge in [-0.1, -0.05) is 33.1 Å². The maximum atomic E-state index is 11.8. The van der Waals surface area contributed by atoms with Gasteiger partial charge < -0.3 is 15.5 Å². The van der Waals surface area contributed by atoms with Gasteiger partial charge in [0, 0.05) is 12.3 Å². The Morgan fingerprint density at radius 2 is 1.74 bits per heavy atom. The lowest BCUT2D eigenvalue weighted by Gasteiger charge is -2.17. The van der Waals surface area contributed by atoms with Gasteiger partial charge in [0.2, 0.25) is 5.91 Å². The van der Waals surface area contributed by atoms with E-state index in [0.717, 1.165) is 19.3 Å². The highest BCUT2D eigenvalue weighted by molar-refractivity contribution is 5.85. The van der Waals surface area contributed by atoms with Crippen LogP contribution in [-0.4, -0.2) is 34.1 Å². The molecule has 0 aliphatic rings. The molecule has 1 unspecified atom stereocenters. The van der Waals surface area contributed by atoms with Crippen molar-refractivity contribution < 1.29 is 24.6 Å². The zero-order valence-electron chi connectivity index (χ0n) is 11.5. The Morgan fingerprint density at radius 1 is 1.11 bits per heavy atom. The number of carbonyl (C=O) groups is 3. The number of hydrogen-bond donors (Lipinski definition) is 3. The number of nitrogens with one attached hydrogen (secondary N) is 1. The molecule has 2 atom stereocenters. The van der Waals surface area contributed by atoms with Crippen molar-refractivity contribution >= 4 is 17.8 Å². The molecule has 0 aliphatic carbocycles. The summed E-state index contributed by atoms with van der Waals surface area (Å²) >= 11 is 0. The van der Waals surface area contributed by atoms with Gasteiger partial charge in [0.1, 0.15) is 6.04 Å². The van der Waals surface area contributed by atoms with E-state index in [0.29, 0.717) is 6.42 Å². The molecular formula is C13H23NO5. The molecule has 6 nitrogen and oxygen atoms in total. The average Bonchev–Trinajstić information content (AvgIpc) is 2.33.